The second-order valence-electron chi connectivity index (χ2n) is 5.94. The van der Waals surface area contributed by atoms with E-state index in [4.69, 9.17) is 5.11 Å². The molecule has 0 amide bonds. The third-order valence-electron chi connectivity index (χ3n) is 4.56. The van der Waals surface area contributed by atoms with Crippen molar-refractivity contribution in [2.75, 3.05) is 0 Å². The summed E-state index contributed by atoms with van der Waals surface area (Å²) in [5.41, 5.74) is 4.19. The molecule has 0 bridgehead atoms. The zero-order valence-electron chi connectivity index (χ0n) is 10.9. The molecular formula is C16H20O2. The van der Waals surface area contributed by atoms with Crippen molar-refractivity contribution < 1.29 is 9.90 Å². The average molecular weight is 244 g/mol. The van der Waals surface area contributed by atoms with Gasteiger partial charge in [-0.25, -0.2) is 0 Å². The number of aliphatic carboxylic acids is 1. The number of fused-ring (bicyclic) bond motifs is 1. The highest BCUT2D eigenvalue weighted by Crippen LogP contribution is 2.46. The van der Waals surface area contributed by atoms with Crippen LogP contribution in [0.1, 0.15) is 61.1 Å². The Morgan fingerprint density at radius 3 is 2.83 bits per heavy atom. The molecule has 0 heterocycles. The minimum absolute atomic E-state index is 0.237. The van der Waals surface area contributed by atoms with Crippen LogP contribution in [0.4, 0.5) is 0 Å². The molecule has 2 aliphatic carbocycles. The fraction of sp³-hybridized carbons (Fsp3) is 0.562. The van der Waals surface area contributed by atoms with Crippen molar-refractivity contribution in [1.29, 1.82) is 0 Å². The van der Waals surface area contributed by atoms with E-state index < -0.39 is 5.97 Å². The predicted molar refractivity (Wildman–Crippen MR) is 70.9 cm³/mol. The largest absolute Gasteiger partial charge is 0.481 e. The first kappa shape index (κ1) is 11.8. The number of rotatable bonds is 4. The summed E-state index contributed by atoms with van der Waals surface area (Å²) in [5, 5.41) is 9.07. The molecule has 1 fully saturated rings. The summed E-state index contributed by atoms with van der Waals surface area (Å²) in [6, 6.07) is 6.69. The zero-order chi connectivity index (χ0) is 12.7. The molecule has 1 aromatic carbocycles. The van der Waals surface area contributed by atoms with Gasteiger partial charge in [-0.05, 0) is 60.1 Å². The van der Waals surface area contributed by atoms with Crippen LogP contribution in [-0.2, 0) is 11.2 Å². The minimum Gasteiger partial charge on any atom is -0.481 e. The summed E-state index contributed by atoms with van der Waals surface area (Å²) in [6.07, 6.45) is 5.11. The Morgan fingerprint density at radius 1 is 1.39 bits per heavy atom. The molecule has 96 valence electrons. The SMILES string of the molecule is CC1CCc2ccc(C(CC(=O)O)C3CC3)cc21. The van der Waals surface area contributed by atoms with Crippen molar-refractivity contribution in [3.8, 4) is 0 Å². The van der Waals surface area contributed by atoms with Gasteiger partial charge in [-0.1, -0.05) is 25.1 Å². The number of hydrogen-bond donors (Lipinski definition) is 1. The van der Waals surface area contributed by atoms with Crippen molar-refractivity contribution in [1.82, 2.24) is 0 Å². The lowest BCUT2D eigenvalue weighted by molar-refractivity contribution is -0.137. The topological polar surface area (TPSA) is 37.3 Å². The molecule has 2 atom stereocenters. The normalized spacial score (nSPS) is 23.7. The van der Waals surface area contributed by atoms with E-state index in [1.54, 1.807) is 0 Å². The Bertz CT molecular complexity index is 474. The molecule has 0 spiro atoms. The summed E-state index contributed by atoms with van der Waals surface area (Å²) < 4.78 is 0. The Balaban J connectivity index is 1.90. The van der Waals surface area contributed by atoms with E-state index in [9.17, 15) is 4.79 Å². The van der Waals surface area contributed by atoms with Crippen LogP contribution in [0, 0.1) is 5.92 Å². The first-order chi connectivity index (χ1) is 8.65. The van der Waals surface area contributed by atoms with E-state index in [0.717, 1.165) is 0 Å². The third-order valence-corrected chi connectivity index (χ3v) is 4.56. The molecule has 1 N–H and O–H groups in total. The molecule has 3 rings (SSSR count). The molecule has 0 aromatic heterocycles. The highest BCUT2D eigenvalue weighted by Gasteiger charge is 2.34. The maximum absolute atomic E-state index is 11.0. The van der Waals surface area contributed by atoms with Gasteiger partial charge in [0.25, 0.3) is 0 Å². The second kappa shape index (κ2) is 4.42. The fourth-order valence-electron chi connectivity index (χ4n) is 3.30. The van der Waals surface area contributed by atoms with Gasteiger partial charge in [-0.2, -0.15) is 0 Å². The van der Waals surface area contributed by atoms with Gasteiger partial charge in [0, 0.05) is 0 Å². The number of benzene rings is 1. The summed E-state index contributed by atoms with van der Waals surface area (Å²) in [7, 11) is 0. The van der Waals surface area contributed by atoms with E-state index in [-0.39, 0.29) is 12.3 Å². The highest BCUT2D eigenvalue weighted by molar-refractivity contribution is 5.68. The lowest BCUT2D eigenvalue weighted by Gasteiger charge is -2.16. The third kappa shape index (κ3) is 2.16. The molecule has 0 aliphatic heterocycles. The Kier molecular flexibility index (Phi) is 2.89. The molecular weight excluding hydrogens is 224 g/mol. The van der Waals surface area contributed by atoms with Crippen LogP contribution in [0.15, 0.2) is 18.2 Å². The van der Waals surface area contributed by atoms with Crippen molar-refractivity contribution in [2.45, 2.75) is 50.9 Å². The van der Waals surface area contributed by atoms with Crippen molar-refractivity contribution in [3.05, 3.63) is 34.9 Å². The highest BCUT2D eigenvalue weighted by atomic mass is 16.4. The van der Waals surface area contributed by atoms with E-state index in [0.29, 0.717) is 11.8 Å². The summed E-state index contributed by atoms with van der Waals surface area (Å²) in [4.78, 5) is 11.0. The Labute approximate surface area is 108 Å². The van der Waals surface area contributed by atoms with E-state index in [1.165, 1.54) is 42.4 Å². The van der Waals surface area contributed by atoms with Gasteiger partial charge >= 0.3 is 5.97 Å². The molecule has 2 unspecified atom stereocenters. The first-order valence-electron chi connectivity index (χ1n) is 6.99. The Hall–Kier alpha value is -1.31. The monoisotopic (exact) mass is 244 g/mol. The zero-order valence-corrected chi connectivity index (χ0v) is 10.9. The molecule has 2 aliphatic rings. The number of carboxylic acids is 1. The molecule has 0 saturated heterocycles. The summed E-state index contributed by atoms with van der Waals surface area (Å²) in [6.45, 7) is 2.28. The maximum Gasteiger partial charge on any atom is 0.303 e. The van der Waals surface area contributed by atoms with Gasteiger partial charge in [0.15, 0.2) is 0 Å². The quantitative estimate of drug-likeness (QED) is 0.876. The number of carbonyl (C=O) groups is 1. The van der Waals surface area contributed by atoms with Crippen molar-refractivity contribution in [3.63, 3.8) is 0 Å². The van der Waals surface area contributed by atoms with Crippen LogP contribution in [0.3, 0.4) is 0 Å². The summed E-state index contributed by atoms with van der Waals surface area (Å²) >= 11 is 0. The number of aryl methyl sites for hydroxylation is 1. The van der Waals surface area contributed by atoms with Crippen molar-refractivity contribution >= 4 is 5.97 Å². The Morgan fingerprint density at radius 2 is 2.17 bits per heavy atom. The van der Waals surface area contributed by atoms with Crippen LogP contribution in [-0.4, -0.2) is 11.1 Å². The molecule has 2 heteroatoms. The van der Waals surface area contributed by atoms with Gasteiger partial charge in [-0.3, -0.25) is 4.79 Å². The second-order valence-corrected chi connectivity index (χ2v) is 5.94. The maximum atomic E-state index is 11.0. The van der Waals surface area contributed by atoms with E-state index >= 15 is 0 Å². The fourth-order valence-corrected chi connectivity index (χ4v) is 3.30. The van der Waals surface area contributed by atoms with Gasteiger partial charge in [-0.15, -0.1) is 0 Å². The van der Waals surface area contributed by atoms with Gasteiger partial charge in [0.2, 0.25) is 0 Å². The predicted octanol–water partition coefficient (Wildman–Crippen LogP) is 3.70. The van der Waals surface area contributed by atoms with Crippen LogP contribution in [0.5, 0.6) is 0 Å². The lowest BCUT2D eigenvalue weighted by atomic mass is 9.88. The molecule has 18 heavy (non-hydrogen) atoms. The van der Waals surface area contributed by atoms with Gasteiger partial charge < -0.3 is 5.11 Å². The van der Waals surface area contributed by atoms with Gasteiger partial charge in [0.05, 0.1) is 6.42 Å². The average Bonchev–Trinajstić information content (AvgIpc) is 3.11. The number of hydrogen-bond acceptors (Lipinski definition) is 1. The van der Waals surface area contributed by atoms with E-state index in [2.05, 4.69) is 25.1 Å². The van der Waals surface area contributed by atoms with Crippen molar-refractivity contribution in [2.24, 2.45) is 5.92 Å². The minimum atomic E-state index is -0.666. The van der Waals surface area contributed by atoms with Crippen LogP contribution in [0.2, 0.25) is 0 Å². The number of carboxylic acid groups (broad SMARTS) is 1. The molecule has 1 aromatic rings. The van der Waals surface area contributed by atoms with E-state index in [1.807, 2.05) is 0 Å². The van der Waals surface area contributed by atoms with Crippen LogP contribution < -0.4 is 0 Å². The molecule has 0 radical (unpaired) electrons. The first-order valence-corrected chi connectivity index (χ1v) is 6.99. The van der Waals surface area contributed by atoms with Crippen LogP contribution in [0.25, 0.3) is 0 Å². The standard InChI is InChI=1S/C16H20O2/c1-10-2-3-11-6-7-13(8-14(10)11)15(9-16(17)18)12-4-5-12/h6-8,10,12,15H,2-5,9H2,1H3,(H,17,18). The summed E-state index contributed by atoms with van der Waals surface area (Å²) in [5.74, 6) is 0.821. The van der Waals surface area contributed by atoms with Crippen LogP contribution >= 0.6 is 0 Å². The molecule has 1 saturated carbocycles. The van der Waals surface area contributed by atoms with Gasteiger partial charge in [0.1, 0.15) is 0 Å². The molecule has 2 nitrogen and oxygen atoms in total. The smallest absolute Gasteiger partial charge is 0.303 e. The lowest BCUT2D eigenvalue weighted by Crippen LogP contribution is -2.09.